The number of benzene rings is 2. The molecule has 5 N–H and O–H groups in total. The summed E-state index contributed by atoms with van der Waals surface area (Å²) < 4.78 is 22.3. The highest BCUT2D eigenvalue weighted by Gasteiger charge is 2.20. The van der Waals surface area contributed by atoms with Gasteiger partial charge >= 0.3 is 36.1 Å². The van der Waals surface area contributed by atoms with E-state index in [0.29, 0.717) is 22.5 Å². The highest BCUT2D eigenvalue weighted by atomic mass is 16.6. The Labute approximate surface area is 311 Å². The third-order valence-electron chi connectivity index (χ3n) is 6.73. The Bertz CT molecular complexity index is 1950. The normalized spacial score (nSPS) is 10.9. The fourth-order valence-electron chi connectivity index (χ4n) is 4.38. The standard InChI is InChI=1S/C20H24N2O6.C18H20N2O6/c1-20(2,3)28-19(26)21-15-10-16(22(4)11-15)18(25)27-12-14-7-5-13(6-8-14)9-17(23)24;1-18(2,3)26-17(24)20-13-8-14(19-9-13)16(23)25-10-11-4-6-12(7-5-11)15(21)22/h5-8,10-11H,9,12H2,1-4H3,(H,21,26)(H,23,24);4-9,19H,10H2,1-3H3,(H,20,24)(H,21,22). The van der Waals surface area contributed by atoms with E-state index in [1.54, 1.807) is 95.8 Å². The van der Waals surface area contributed by atoms with Crippen LogP contribution >= 0.6 is 0 Å². The minimum Gasteiger partial charge on any atom is -0.481 e. The predicted octanol–water partition coefficient (Wildman–Crippen LogP) is 6.77. The van der Waals surface area contributed by atoms with Crippen LogP contribution in [0.2, 0.25) is 0 Å². The largest absolute Gasteiger partial charge is 0.481 e. The van der Waals surface area contributed by atoms with Crippen LogP contribution in [0.4, 0.5) is 21.0 Å². The van der Waals surface area contributed by atoms with E-state index in [9.17, 15) is 28.8 Å². The molecule has 4 rings (SSSR count). The van der Waals surface area contributed by atoms with Gasteiger partial charge in [0.1, 0.15) is 35.8 Å². The van der Waals surface area contributed by atoms with E-state index < -0.39 is 47.3 Å². The van der Waals surface area contributed by atoms with Crippen LogP contribution in [0, 0.1) is 0 Å². The van der Waals surface area contributed by atoms with Crippen molar-refractivity contribution in [2.24, 2.45) is 7.05 Å². The van der Waals surface area contributed by atoms with Crippen LogP contribution in [0.5, 0.6) is 0 Å². The maximum atomic E-state index is 12.3. The number of esters is 2. The molecule has 0 spiro atoms. The van der Waals surface area contributed by atoms with Crippen molar-refractivity contribution in [1.29, 1.82) is 0 Å². The molecule has 16 nitrogen and oxygen atoms in total. The quantitative estimate of drug-likeness (QED) is 0.0791. The number of hydrogen-bond donors (Lipinski definition) is 5. The van der Waals surface area contributed by atoms with E-state index in [0.717, 1.165) is 5.56 Å². The second kappa shape index (κ2) is 18.3. The zero-order valence-corrected chi connectivity index (χ0v) is 31.0. The number of carboxylic acid groups (broad SMARTS) is 2. The van der Waals surface area contributed by atoms with E-state index in [-0.39, 0.29) is 36.6 Å². The highest BCUT2D eigenvalue weighted by molar-refractivity contribution is 5.92. The number of carbonyl (C=O) groups excluding carboxylic acids is 4. The van der Waals surface area contributed by atoms with Gasteiger partial charge in [-0.3, -0.25) is 15.4 Å². The van der Waals surface area contributed by atoms with Gasteiger partial charge in [0.05, 0.1) is 23.4 Å². The summed E-state index contributed by atoms with van der Waals surface area (Å²) in [5.74, 6) is -3.08. The third kappa shape index (κ3) is 14.6. The SMILES string of the molecule is CC(C)(C)OC(=O)Nc1c[nH]c(C(=O)OCc2ccc(C(=O)O)cc2)c1.Cn1cc(NC(=O)OC(C)(C)C)cc1C(=O)OCc1ccc(CC(=O)O)cc1. The summed E-state index contributed by atoms with van der Waals surface area (Å²) in [6.45, 7) is 10.6. The van der Waals surface area contributed by atoms with Crippen LogP contribution in [0.15, 0.2) is 73.1 Å². The molecule has 0 saturated heterocycles. The number of H-pyrrole nitrogens is 1. The number of rotatable bonds is 11. The maximum absolute atomic E-state index is 12.3. The lowest BCUT2D eigenvalue weighted by molar-refractivity contribution is -0.136. The zero-order chi connectivity index (χ0) is 40.2. The number of amides is 2. The first-order valence-corrected chi connectivity index (χ1v) is 16.5. The number of ether oxygens (including phenoxy) is 4. The summed E-state index contributed by atoms with van der Waals surface area (Å²) in [4.78, 5) is 72.1. The van der Waals surface area contributed by atoms with E-state index in [1.165, 1.54) is 30.5 Å². The van der Waals surface area contributed by atoms with Gasteiger partial charge in [0, 0.05) is 19.4 Å². The van der Waals surface area contributed by atoms with Gasteiger partial charge in [0.25, 0.3) is 0 Å². The Balaban J connectivity index is 0.000000291. The monoisotopic (exact) mass is 748 g/mol. The van der Waals surface area contributed by atoms with Gasteiger partial charge in [-0.25, -0.2) is 24.0 Å². The lowest BCUT2D eigenvalue weighted by Crippen LogP contribution is -2.27. The van der Waals surface area contributed by atoms with Crippen molar-refractivity contribution in [2.75, 3.05) is 10.6 Å². The molecule has 54 heavy (non-hydrogen) atoms. The fourth-order valence-corrected chi connectivity index (χ4v) is 4.38. The number of aromatic nitrogens is 2. The van der Waals surface area contributed by atoms with Crippen molar-refractivity contribution in [3.05, 3.63) is 107 Å². The van der Waals surface area contributed by atoms with Gasteiger partial charge in [0.15, 0.2) is 0 Å². The molecular weight excluding hydrogens is 704 g/mol. The van der Waals surface area contributed by atoms with Crippen molar-refractivity contribution >= 4 is 47.4 Å². The second-order valence-corrected chi connectivity index (χ2v) is 13.8. The molecule has 0 unspecified atom stereocenters. The highest BCUT2D eigenvalue weighted by Crippen LogP contribution is 2.18. The number of nitrogens with one attached hydrogen (secondary N) is 3. The van der Waals surface area contributed by atoms with Crippen LogP contribution < -0.4 is 10.6 Å². The van der Waals surface area contributed by atoms with E-state index in [2.05, 4.69) is 15.6 Å². The molecule has 288 valence electrons. The topological polar surface area (TPSA) is 225 Å². The van der Waals surface area contributed by atoms with Crippen molar-refractivity contribution in [3.63, 3.8) is 0 Å². The molecular formula is C38H44N4O12. The maximum Gasteiger partial charge on any atom is 0.412 e. The number of carbonyl (C=O) groups is 6. The van der Waals surface area contributed by atoms with Crippen LogP contribution in [0.25, 0.3) is 0 Å². The number of aromatic carboxylic acids is 1. The molecule has 0 radical (unpaired) electrons. The predicted molar refractivity (Wildman–Crippen MR) is 195 cm³/mol. The summed E-state index contributed by atoms with van der Waals surface area (Å²) >= 11 is 0. The molecule has 0 fully saturated rings. The Kier molecular flexibility index (Phi) is 14.1. The average molecular weight is 749 g/mol. The Morgan fingerprint density at radius 1 is 0.685 bits per heavy atom. The van der Waals surface area contributed by atoms with Crippen molar-refractivity contribution in [2.45, 2.75) is 72.4 Å². The van der Waals surface area contributed by atoms with Gasteiger partial charge in [-0.1, -0.05) is 36.4 Å². The number of aliphatic carboxylic acids is 1. The first-order valence-electron chi connectivity index (χ1n) is 16.5. The van der Waals surface area contributed by atoms with Gasteiger partial charge in [-0.2, -0.15) is 0 Å². The third-order valence-corrected chi connectivity index (χ3v) is 6.73. The average Bonchev–Trinajstić information content (AvgIpc) is 3.67. The molecule has 4 aromatic rings. The second-order valence-electron chi connectivity index (χ2n) is 13.8. The van der Waals surface area contributed by atoms with Crippen LogP contribution in [-0.2, 0) is 50.4 Å². The molecule has 2 amide bonds. The lowest BCUT2D eigenvalue weighted by Gasteiger charge is -2.19. The molecule has 0 aliphatic heterocycles. The van der Waals surface area contributed by atoms with Crippen LogP contribution in [0.1, 0.15) is 89.6 Å². The minimum atomic E-state index is -1.02. The molecule has 0 aliphatic carbocycles. The Hall–Kier alpha value is -6.58. The molecule has 0 atom stereocenters. The van der Waals surface area contributed by atoms with E-state index >= 15 is 0 Å². The molecule has 2 aromatic carbocycles. The molecule has 2 heterocycles. The first kappa shape index (κ1) is 41.8. The summed E-state index contributed by atoms with van der Waals surface area (Å²) in [7, 11) is 1.66. The molecule has 2 aromatic heterocycles. The number of aromatic amines is 1. The van der Waals surface area contributed by atoms with Crippen molar-refractivity contribution < 1.29 is 57.9 Å². The summed E-state index contributed by atoms with van der Waals surface area (Å²) in [6, 6.07) is 15.7. The Morgan fingerprint density at radius 2 is 1.17 bits per heavy atom. The first-order chi connectivity index (χ1) is 25.2. The Morgan fingerprint density at radius 3 is 1.67 bits per heavy atom. The molecule has 0 saturated carbocycles. The number of nitrogens with zero attached hydrogens (tertiary/aromatic N) is 1. The summed E-state index contributed by atoms with van der Waals surface area (Å²) in [6.07, 6.45) is 1.73. The number of hydrogen-bond acceptors (Lipinski definition) is 10. The van der Waals surface area contributed by atoms with Gasteiger partial charge in [0.2, 0.25) is 0 Å². The zero-order valence-electron chi connectivity index (χ0n) is 31.0. The number of carboxylic acids is 2. The van der Waals surface area contributed by atoms with Crippen LogP contribution in [-0.4, -0.2) is 67.0 Å². The van der Waals surface area contributed by atoms with Crippen molar-refractivity contribution in [3.8, 4) is 0 Å². The fraction of sp³-hybridized carbons (Fsp3) is 0.316. The molecule has 0 bridgehead atoms. The summed E-state index contributed by atoms with van der Waals surface area (Å²) in [5.41, 5.74) is 2.19. The number of aryl methyl sites for hydroxylation is 1. The van der Waals surface area contributed by atoms with Crippen LogP contribution in [0.3, 0.4) is 0 Å². The van der Waals surface area contributed by atoms with Gasteiger partial charge < -0.3 is 38.7 Å². The lowest BCUT2D eigenvalue weighted by atomic mass is 10.1. The summed E-state index contributed by atoms with van der Waals surface area (Å²) in [5, 5.41) is 22.7. The van der Waals surface area contributed by atoms with E-state index in [1.807, 2.05) is 0 Å². The van der Waals surface area contributed by atoms with Gasteiger partial charge in [-0.15, -0.1) is 0 Å². The molecule has 0 aliphatic rings. The van der Waals surface area contributed by atoms with Gasteiger partial charge in [-0.05, 0) is 82.5 Å². The van der Waals surface area contributed by atoms with Crippen molar-refractivity contribution in [1.82, 2.24) is 9.55 Å². The smallest absolute Gasteiger partial charge is 0.412 e. The number of anilines is 2. The minimum absolute atomic E-state index is 0.00736. The molecule has 16 heteroatoms. The van der Waals surface area contributed by atoms with E-state index in [4.69, 9.17) is 29.2 Å².